The van der Waals surface area contributed by atoms with Gasteiger partial charge in [-0.2, -0.15) is 0 Å². The molecule has 114 valence electrons. The fourth-order valence-electron chi connectivity index (χ4n) is 1.12. The first-order chi connectivity index (χ1) is 9.31. The van der Waals surface area contributed by atoms with Gasteiger partial charge in [-0.05, 0) is 6.92 Å². The van der Waals surface area contributed by atoms with Gasteiger partial charge in [0, 0.05) is 13.0 Å². The maximum Gasteiger partial charge on any atom is 0.305 e. The topological polar surface area (TPSA) is 63.2 Å². The Hall–Kier alpha value is -0.690. The quantitative estimate of drug-likeness (QED) is 0.349. The molecule has 0 spiro atoms. The summed E-state index contributed by atoms with van der Waals surface area (Å²) in [5.74, 6) is -0.205. The van der Waals surface area contributed by atoms with Crippen LogP contribution in [-0.4, -0.2) is 65.4 Å². The number of hydrogen-bond donors (Lipinski definition) is 0. The minimum absolute atomic E-state index is 0.205. The second kappa shape index (κ2) is 15.4. The van der Waals surface area contributed by atoms with Crippen molar-refractivity contribution in [2.75, 3.05) is 59.5 Å². The van der Waals surface area contributed by atoms with Crippen LogP contribution in [0, 0.1) is 0 Å². The Morgan fingerprint density at radius 2 is 1.11 bits per heavy atom. The summed E-state index contributed by atoms with van der Waals surface area (Å²) in [7, 11) is 0. The summed E-state index contributed by atoms with van der Waals surface area (Å²) in [4.78, 5) is 10.8. The zero-order valence-corrected chi connectivity index (χ0v) is 12.0. The van der Waals surface area contributed by atoms with Gasteiger partial charge in [-0.3, -0.25) is 4.79 Å². The predicted molar refractivity (Wildman–Crippen MR) is 70.2 cm³/mol. The molecule has 0 unspecified atom stereocenters. The molecule has 0 rings (SSSR count). The van der Waals surface area contributed by atoms with Crippen molar-refractivity contribution in [3.63, 3.8) is 0 Å². The van der Waals surface area contributed by atoms with Gasteiger partial charge in [-0.15, -0.1) is 0 Å². The van der Waals surface area contributed by atoms with Crippen molar-refractivity contribution in [2.45, 2.75) is 20.3 Å². The molecule has 19 heavy (non-hydrogen) atoms. The van der Waals surface area contributed by atoms with Crippen molar-refractivity contribution in [1.29, 1.82) is 0 Å². The first kappa shape index (κ1) is 18.3. The third kappa shape index (κ3) is 15.3. The maximum absolute atomic E-state index is 10.8. The molecule has 0 amide bonds. The van der Waals surface area contributed by atoms with Gasteiger partial charge >= 0.3 is 5.97 Å². The summed E-state index contributed by atoms with van der Waals surface area (Å²) in [6.45, 7) is 8.44. The van der Waals surface area contributed by atoms with Crippen LogP contribution in [0.2, 0.25) is 0 Å². The van der Waals surface area contributed by atoms with Crippen molar-refractivity contribution in [3.05, 3.63) is 0 Å². The lowest BCUT2D eigenvalue weighted by atomic mass is 10.5. The average Bonchev–Trinajstić information content (AvgIpc) is 2.43. The molecule has 6 heteroatoms. The van der Waals surface area contributed by atoms with Gasteiger partial charge in [0.2, 0.25) is 0 Å². The lowest BCUT2D eigenvalue weighted by molar-refractivity contribution is -0.144. The Bertz CT molecular complexity index is 198. The van der Waals surface area contributed by atoms with Crippen LogP contribution < -0.4 is 0 Å². The van der Waals surface area contributed by atoms with E-state index in [1.165, 1.54) is 0 Å². The number of rotatable bonds is 14. The zero-order chi connectivity index (χ0) is 14.2. The van der Waals surface area contributed by atoms with E-state index in [1.54, 1.807) is 6.92 Å². The predicted octanol–water partition coefficient (Wildman–Crippen LogP) is 1.03. The van der Waals surface area contributed by atoms with E-state index in [-0.39, 0.29) is 5.97 Å². The van der Waals surface area contributed by atoms with Gasteiger partial charge in [-0.1, -0.05) is 6.92 Å². The molecule has 0 N–H and O–H groups in total. The fourth-order valence-corrected chi connectivity index (χ4v) is 1.12. The van der Waals surface area contributed by atoms with E-state index in [0.29, 0.717) is 65.9 Å². The van der Waals surface area contributed by atoms with Gasteiger partial charge in [0.15, 0.2) is 0 Å². The molecule has 0 aliphatic rings. The molecule has 0 aromatic carbocycles. The van der Waals surface area contributed by atoms with Gasteiger partial charge < -0.3 is 23.7 Å². The van der Waals surface area contributed by atoms with Crippen LogP contribution in [0.3, 0.4) is 0 Å². The summed E-state index contributed by atoms with van der Waals surface area (Å²) in [6.07, 6.45) is 0.395. The minimum atomic E-state index is -0.205. The second-order valence-corrected chi connectivity index (χ2v) is 3.61. The van der Waals surface area contributed by atoms with Crippen LogP contribution in [0.5, 0.6) is 0 Å². The Balaban J connectivity index is 2.97. The van der Waals surface area contributed by atoms with Crippen molar-refractivity contribution in [3.8, 4) is 0 Å². The van der Waals surface area contributed by atoms with E-state index in [9.17, 15) is 4.79 Å². The van der Waals surface area contributed by atoms with Crippen LogP contribution in [0.15, 0.2) is 0 Å². The summed E-state index contributed by atoms with van der Waals surface area (Å²) in [6, 6.07) is 0. The Morgan fingerprint density at radius 1 is 0.684 bits per heavy atom. The van der Waals surface area contributed by atoms with E-state index in [0.717, 1.165) is 0 Å². The molecule has 0 aromatic rings. The molecule has 0 saturated carbocycles. The van der Waals surface area contributed by atoms with Gasteiger partial charge in [0.05, 0.1) is 46.2 Å². The van der Waals surface area contributed by atoms with Gasteiger partial charge in [-0.25, -0.2) is 0 Å². The van der Waals surface area contributed by atoms with Crippen LogP contribution in [0.4, 0.5) is 0 Å². The molecule has 6 nitrogen and oxygen atoms in total. The average molecular weight is 278 g/mol. The first-order valence-electron chi connectivity index (χ1n) is 6.77. The Morgan fingerprint density at radius 3 is 1.53 bits per heavy atom. The lowest BCUT2D eigenvalue weighted by Gasteiger charge is -2.07. The molecule has 0 aliphatic heterocycles. The molecule has 0 bridgehead atoms. The fraction of sp³-hybridized carbons (Fsp3) is 0.923. The molecule has 0 atom stereocenters. The molecule has 0 aliphatic carbocycles. The van der Waals surface area contributed by atoms with Crippen molar-refractivity contribution < 1.29 is 28.5 Å². The monoisotopic (exact) mass is 278 g/mol. The highest BCUT2D eigenvalue weighted by Crippen LogP contribution is 1.86. The summed E-state index contributed by atoms with van der Waals surface area (Å²) in [5, 5.41) is 0. The molecule has 0 fully saturated rings. The highest BCUT2D eigenvalue weighted by atomic mass is 16.6. The second-order valence-electron chi connectivity index (χ2n) is 3.61. The Kier molecular flexibility index (Phi) is 14.8. The first-order valence-corrected chi connectivity index (χ1v) is 6.77. The maximum atomic E-state index is 10.8. The summed E-state index contributed by atoms with van der Waals surface area (Å²) >= 11 is 0. The van der Waals surface area contributed by atoms with Crippen molar-refractivity contribution in [1.82, 2.24) is 0 Å². The minimum Gasteiger partial charge on any atom is -0.463 e. The molecule has 0 aromatic heterocycles. The number of carbonyl (C=O) groups excluding carboxylic acids is 1. The summed E-state index contributed by atoms with van der Waals surface area (Å²) in [5.41, 5.74) is 0. The highest BCUT2D eigenvalue weighted by molar-refractivity contribution is 5.68. The van der Waals surface area contributed by atoms with E-state index in [4.69, 9.17) is 23.7 Å². The van der Waals surface area contributed by atoms with Crippen LogP contribution >= 0.6 is 0 Å². The van der Waals surface area contributed by atoms with Gasteiger partial charge in [0.25, 0.3) is 0 Å². The van der Waals surface area contributed by atoms with E-state index < -0.39 is 0 Å². The molecule has 0 heterocycles. The van der Waals surface area contributed by atoms with Crippen LogP contribution in [-0.2, 0) is 28.5 Å². The smallest absolute Gasteiger partial charge is 0.305 e. The highest BCUT2D eigenvalue weighted by Gasteiger charge is 1.97. The van der Waals surface area contributed by atoms with E-state index in [1.807, 2.05) is 6.92 Å². The Labute approximate surface area is 115 Å². The van der Waals surface area contributed by atoms with Crippen molar-refractivity contribution >= 4 is 5.97 Å². The molecule has 0 saturated heterocycles. The van der Waals surface area contributed by atoms with E-state index >= 15 is 0 Å². The van der Waals surface area contributed by atoms with Gasteiger partial charge in [0.1, 0.15) is 6.61 Å². The normalized spacial score (nSPS) is 10.6. The standard InChI is InChI=1S/C13H26O6/c1-3-13(14)19-12-11-18-10-9-17-8-7-16-6-5-15-4-2/h3-12H2,1-2H3. The molecule has 0 radical (unpaired) electrons. The van der Waals surface area contributed by atoms with Crippen molar-refractivity contribution in [2.24, 2.45) is 0 Å². The number of esters is 1. The van der Waals surface area contributed by atoms with E-state index in [2.05, 4.69) is 0 Å². The SMILES string of the molecule is CCOCCOCCOCCOCCOC(=O)CC. The third-order valence-electron chi connectivity index (χ3n) is 2.10. The molecular weight excluding hydrogens is 252 g/mol. The zero-order valence-electron chi connectivity index (χ0n) is 12.0. The number of hydrogen-bond acceptors (Lipinski definition) is 6. The number of ether oxygens (including phenoxy) is 5. The molecular formula is C13H26O6. The summed E-state index contributed by atoms with van der Waals surface area (Å²) < 4.78 is 25.8. The van der Waals surface area contributed by atoms with Crippen LogP contribution in [0.1, 0.15) is 20.3 Å². The lowest BCUT2D eigenvalue weighted by Crippen LogP contribution is -2.14. The number of carbonyl (C=O) groups is 1. The van der Waals surface area contributed by atoms with Crippen LogP contribution in [0.25, 0.3) is 0 Å². The largest absolute Gasteiger partial charge is 0.463 e. The third-order valence-corrected chi connectivity index (χ3v) is 2.10.